The number of rotatable bonds is 7. The summed E-state index contributed by atoms with van der Waals surface area (Å²) in [5.41, 5.74) is 3.94. The maximum atomic E-state index is 12.5. The second-order valence-electron chi connectivity index (χ2n) is 8.94. The number of amides is 1. The predicted molar refractivity (Wildman–Crippen MR) is 131 cm³/mol. The summed E-state index contributed by atoms with van der Waals surface area (Å²) in [6, 6.07) is 9.23. The van der Waals surface area contributed by atoms with Crippen molar-refractivity contribution in [2.45, 2.75) is 45.7 Å². The average molecular weight is 459 g/mol. The number of aryl methyl sites for hydroxylation is 1. The lowest BCUT2D eigenvalue weighted by Crippen LogP contribution is -2.37. The van der Waals surface area contributed by atoms with E-state index in [0.717, 1.165) is 48.4 Å². The summed E-state index contributed by atoms with van der Waals surface area (Å²) in [5, 5.41) is 23.1. The highest BCUT2D eigenvalue weighted by atomic mass is 16.1. The zero-order valence-corrected chi connectivity index (χ0v) is 19.7. The summed E-state index contributed by atoms with van der Waals surface area (Å²) in [7, 11) is 0. The van der Waals surface area contributed by atoms with Gasteiger partial charge in [0.05, 0.1) is 29.7 Å². The standard InChI is InChI=1S/C25H30N8O/c1-16(2)22(12-26)31-24(34)19-6-4-18(5-7-19)23-17(3)13-28-25(32-23)30-20-14-29-33(15-20)21-8-10-27-11-9-21/h4-7,13-16,21-22,27H,8-11H2,1-3H3,(H,31,34)(H,28,30,32). The third-order valence-corrected chi connectivity index (χ3v) is 6.03. The molecule has 1 aromatic carbocycles. The van der Waals surface area contributed by atoms with Crippen LogP contribution in [0.25, 0.3) is 11.3 Å². The monoisotopic (exact) mass is 458 g/mol. The molecule has 9 nitrogen and oxygen atoms in total. The van der Waals surface area contributed by atoms with Crippen LogP contribution >= 0.6 is 0 Å². The topological polar surface area (TPSA) is 121 Å². The Morgan fingerprint density at radius 1 is 1.21 bits per heavy atom. The molecule has 1 saturated heterocycles. The molecule has 0 radical (unpaired) electrons. The molecule has 34 heavy (non-hydrogen) atoms. The van der Waals surface area contributed by atoms with Gasteiger partial charge in [-0.15, -0.1) is 0 Å². The van der Waals surface area contributed by atoms with Crippen LogP contribution in [0.3, 0.4) is 0 Å². The maximum Gasteiger partial charge on any atom is 0.252 e. The Morgan fingerprint density at radius 3 is 2.62 bits per heavy atom. The molecule has 9 heteroatoms. The zero-order chi connectivity index (χ0) is 24.1. The molecule has 1 aliphatic rings. The van der Waals surface area contributed by atoms with E-state index in [1.807, 2.05) is 43.8 Å². The van der Waals surface area contributed by atoms with Crippen LogP contribution in [-0.4, -0.2) is 44.8 Å². The molecule has 0 aliphatic carbocycles. The second-order valence-corrected chi connectivity index (χ2v) is 8.94. The number of piperidine rings is 1. The van der Waals surface area contributed by atoms with Crippen molar-refractivity contribution in [1.82, 2.24) is 30.4 Å². The van der Waals surface area contributed by atoms with Crippen LogP contribution in [0.2, 0.25) is 0 Å². The van der Waals surface area contributed by atoms with E-state index in [2.05, 4.69) is 32.1 Å². The highest BCUT2D eigenvalue weighted by Gasteiger charge is 2.18. The lowest BCUT2D eigenvalue weighted by atomic mass is 10.0. The van der Waals surface area contributed by atoms with Gasteiger partial charge in [0.25, 0.3) is 5.91 Å². The first-order chi connectivity index (χ1) is 16.4. The van der Waals surface area contributed by atoms with E-state index in [1.165, 1.54) is 0 Å². The van der Waals surface area contributed by atoms with Gasteiger partial charge in [0.2, 0.25) is 5.95 Å². The minimum Gasteiger partial charge on any atom is -0.336 e. The number of nitrogens with zero attached hydrogens (tertiary/aromatic N) is 5. The summed E-state index contributed by atoms with van der Waals surface area (Å²) < 4.78 is 2.01. The molecule has 0 saturated carbocycles. The van der Waals surface area contributed by atoms with E-state index < -0.39 is 6.04 Å². The lowest BCUT2D eigenvalue weighted by molar-refractivity contribution is 0.0937. The van der Waals surface area contributed by atoms with Crippen LogP contribution in [-0.2, 0) is 0 Å². The van der Waals surface area contributed by atoms with Crippen molar-refractivity contribution in [3.05, 3.63) is 54.0 Å². The molecule has 176 valence electrons. The van der Waals surface area contributed by atoms with Gasteiger partial charge >= 0.3 is 0 Å². The third-order valence-electron chi connectivity index (χ3n) is 6.03. The third kappa shape index (κ3) is 5.41. The fraction of sp³-hybridized carbons (Fsp3) is 0.400. The lowest BCUT2D eigenvalue weighted by Gasteiger charge is -2.22. The molecule has 4 rings (SSSR count). The quantitative estimate of drug-likeness (QED) is 0.495. The highest BCUT2D eigenvalue weighted by Crippen LogP contribution is 2.25. The van der Waals surface area contributed by atoms with Crippen molar-refractivity contribution in [3.63, 3.8) is 0 Å². The van der Waals surface area contributed by atoms with Crippen LogP contribution < -0.4 is 16.0 Å². The van der Waals surface area contributed by atoms with Gasteiger partial charge in [-0.1, -0.05) is 26.0 Å². The molecule has 1 unspecified atom stereocenters. The Balaban J connectivity index is 1.47. The van der Waals surface area contributed by atoms with Crippen LogP contribution in [0.1, 0.15) is 48.7 Å². The predicted octanol–water partition coefficient (Wildman–Crippen LogP) is 3.59. The molecule has 1 fully saturated rings. The number of carbonyl (C=O) groups is 1. The number of benzene rings is 1. The van der Waals surface area contributed by atoms with Gasteiger partial charge in [-0.25, -0.2) is 9.97 Å². The number of hydrogen-bond donors (Lipinski definition) is 3. The number of nitrogens with one attached hydrogen (secondary N) is 3. The Bertz CT molecular complexity index is 1170. The molecule has 3 N–H and O–H groups in total. The Hall–Kier alpha value is -3.77. The van der Waals surface area contributed by atoms with E-state index in [4.69, 9.17) is 4.98 Å². The van der Waals surface area contributed by atoms with E-state index in [-0.39, 0.29) is 11.8 Å². The van der Waals surface area contributed by atoms with Crippen molar-refractivity contribution >= 4 is 17.5 Å². The molecule has 2 aromatic heterocycles. The Labute approximate surface area is 199 Å². The van der Waals surface area contributed by atoms with Crippen molar-refractivity contribution in [1.29, 1.82) is 5.26 Å². The molecule has 3 heterocycles. The molecule has 1 aliphatic heterocycles. The summed E-state index contributed by atoms with van der Waals surface area (Å²) in [6.07, 6.45) is 7.70. The Morgan fingerprint density at radius 2 is 1.94 bits per heavy atom. The first-order valence-corrected chi connectivity index (χ1v) is 11.6. The number of hydrogen-bond acceptors (Lipinski definition) is 7. The van der Waals surface area contributed by atoms with E-state index in [1.54, 1.807) is 24.5 Å². The van der Waals surface area contributed by atoms with Gasteiger partial charge in [-0.2, -0.15) is 10.4 Å². The van der Waals surface area contributed by atoms with Gasteiger partial charge in [0.1, 0.15) is 6.04 Å². The number of anilines is 2. The van der Waals surface area contributed by atoms with E-state index in [9.17, 15) is 10.1 Å². The van der Waals surface area contributed by atoms with Gasteiger partial charge < -0.3 is 16.0 Å². The summed E-state index contributed by atoms with van der Waals surface area (Å²) >= 11 is 0. The fourth-order valence-corrected chi connectivity index (χ4v) is 3.95. The van der Waals surface area contributed by atoms with Crippen molar-refractivity contribution in [3.8, 4) is 17.3 Å². The summed E-state index contributed by atoms with van der Waals surface area (Å²) in [4.78, 5) is 21.6. The maximum absolute atomic E-state index is 12.5. The minimum atomic E-state index is -0.524. The molecule has 1 amide bonds. The smallest absolute Gasteiger partial charge is 0.252 e. The second kappa shape index (κ2) is 10.4. The summed E-state index contributed by atoms with van der Waals surface area (Å²) in [6.45, 7) is 7.77. The summed E-state index contributed by atoms with van der Waals surface area (Å²) in [5.74, 6) is 0.259. The largest absolute Gasteiger partial charge is 0.336 e. The fourth-order valence-electron chi connectivity index (χ4n) is 3.95. The first kappa shape index (κ1) is 23.4. The van der Waals surface area contributed by atoms with Crippen LogP contribution in [0.15, 0.2) is 42.9 Å². The van der Waals surface area contributed by atoms with Crippen LogP contribution in [0.4, 0.5) is 11.6 Å². The SMILES string of the molecule is Cc1cnc(Nc2cnn(C3CCNCC3)c2)nc1-c1ccc(C(=O)NC(C#N)C(C)C)cc1. The molecule has 1 atom stereocenters. The number of aromatic nitrogens is 4. The molecule has 0 spiro atoms. The Kier molecular flexibility index (Phi) is 7.18. The molecule has 0 bridgehead atoms. The zero-order valence-electron chi connectivity index (χ0n) is 19.7. The first-order valence-electron chi connectivity index (χ1n) is 11.6. The molecule has 3 aromatic rings. The number of carbonyl (C=O) groups excluding carboxylic acids is 1. The van der Waals surface area contributed by atoms with Crippen molar-refractivity contribution in [2.75, 3.05) is 18.4 Å². The van der Waals surface area contributed by atoms with Gasteiger partial charge in [-0.05, 0) is 56.5 Å². The van der Waals surface area contributed by atoms with Crippen molar-refractivity contribution in [2.24, 2.45) is 5.92 Å². The van der Waals surface area contributed by atoms with Gasteiger partial charge in [0.15, 0.2) is 0 Å². The minimum absolute atomic E-state index is 0.0367. The molecular weight excluding hydrogens is 428 g/mol. The van der Waals surface area contributed by atoms with Gasteiger partial charge in [0, 0.05) is 23.5 Å². The van der Waals surface area contributed by atoms with Crippen LogP contribution in [0, 0.1) is 24.2 Å². The van der Waals surface area contributed by atoms with Gasteiger partial charge in [-0.3, -0.25) is 9.48 Å². The van der Waals surface area contributed by atoms with Crippen molar-refractivity contribution < 1.29 is 4.79 Å². The normalized spacial score (nSPS) is 15.0. The van der Waals surface area contributed by atoms with Crippen LogP contribution in [0.5, 0.6) is 0 Å². The number of nitriles is 1. The molecular formula is C25H30N8O. The van der Waals surface area contributed by atoms with E-state index in [0.29, 0.717) is 17.6 Å². The highest BCUT2D eigenvalue weighted by molar-refractivity contribution is 5.95. The van der Waals surface area contributed by atoms with E-state index >= 15 is 0 Å². The average Bonchev–Trinajstić information content (AvgIpc) is 3.32.